The van der Waals surface area contributed by atoms with E-state index in [4.69, 9.17) is 5.73 Å². The van der Waals surface area contributed by atoms with E-state index < -0.39 is 11.7 Å². The molecule has 1 aromatic carbocycles. The molecule has 3 N–H and O–H groups in total. The van der Waals surface area contributed by atoms with Crippen molar-refractivity contribution >= 4 is 29.1 Å². The first-order valence-corrected chi connectivity index (χ1v) is 7.89. The van der Waals surface area contributed by atoms with Crippen LogP contribution in [0.1, 0.15) is 34.6 Å². The Hall–Kier alpha value is -3.03. The third-order valence-electron chi connectivity index (χ3n) is 4.08. The fraction of sp³-hybridized carbons (Fsp3) is 0.294. The normalized spacial score (nSPS) is 14.0. The van der Waals surface area contributed by atoms with Gasteiger partial charge in [-0.1, -0.05) is 0 Å². The lowest BCUT2D eigenvalue weighted by Crippen LogP contribution is -2.25. The number of carbonyl (C=O) groups is 2. The number of nitrogens with two attached hydrogens (primary N) is 1. The summed E-state index contributed by atoms with van der Waals surface area (Å²) in [7, 11) is 0. The standard InChI is InChI=1S/C17H18FN5O2/c1-9-15(10(2)21-17(19)20-9)16(25)22-11-5-6-13(12(18)8-11)23-7-3-4-14(23)24/h5-6,8H,3-4,7H2,1-2H3,(H,22,25)(H2,19,20,21). The molecular weight excluding hydrogens is 325 g/mol. The Balaban J connectivity index is 1.83. The van der Waals surface area contributed by atoms with Gasteiger partial charge in [0.2, 0.25) is 11.9 Å². The summed E-state index contributed by atoms with van der Waals surface area (Å²) in [6.45, 7) is 3.81. The zero-order chi connectivity index (χ0) is 18.1. The Morgan fingerprint density at radius 1 is 1.28 bits per heavy atom. The lowest BCUT2D eigenvalue weighted by Gasteiger charge is -2.17. The van der Waals surface area contributed by atoms with Gasteiger partial charge in [0.15, 0.2) is 0 Å². The smallest absolute Gasteiger partial charge is 0.259 e. The van der Waals surface area contributed by atoms with Crippen LogP contribution < -0.4 is 16.0 Å². The van der Waals surface area contributed by atoms with Crippen LogP contribution in [0.25, 0.3) is 0 Å². The predicted molar refractivity (Wildman–Crippen MR) is 91.9 cm³/mol. The number of benzene rings is 1. The topological polar surface area (TPSA) is 101 Å². The molecule has 3 rings (SSSR count). The summed E-state index contributed by atoms with van der Waals surface area (Å²) in [6, 6.07) is 4.25. The minimum Gasteiger partial charge on any atom is -0.368 e. The quantitative estimate of drug-likeness (QED) is 0.889. The summed E-state index contributed by atoms with van der Waals surface area (Å²) < 4.78 is 14.4. The van der Waals surface area contributed by atoms with Crippen molar-refractivity contribution in [3.8, 4) is 0 Å². The number of halogens is 1. The molecule has 1 saturated heterocycles. The molecule has 8 heteroatoms. The zero-order valence-electron chi connectivity index (χ0n) is 14.0. The molecular formula is C17H18FN5O2. The highest BCUT2D eigenvalue weighted by atomic mass is 19.1. The third kappa shape index (κ3) is 3.28. The number of amides is 2. The van der Waals surface area contributed by atoms with Crippen LogP contribution in [0.5, 0.6) is 0 Å². The Morgan fingerprint density at radius 3 is 2.52 bits per heavy atom. The summed E-state index contributed by atoms with van der Waals surface area (Å²) in [5.41, 5.74) is 7.26. The minimum absolute atomic E-state index is 0.0947. The van der Waals surface area contributed by atoms with Gasteiger partial charge in [-0.3, -0.25) is 9.59 Å². The first kappa shape index (κ1) is 16.8. The highest BCUT2D eigenvalue weighted by Crippen LogP contribution is 2.27. The molecule has 1 fully saturated rings. The largest absolute Gasteiger partial charge is 0.368 e. The molecule has 25 heavy (non-hydrogen) atoms. The number of nitrogens with one attached hydrogen (secondary N) is 1. The van der Waals surface area contributed by atoms with Gasteiger partial charge in [-0.25, -0.2) is 14.4 Å². The fourth-order valence-electron chi connectivity index (χ4n) is 2.97. The van der Waals surface area contributed by atoms with Crippen LogP contribution in [0.2, 0.25) is 0 Å². The molecule has 0 bridgehead atoms. The number of carbonyl (C=O) groups excluding carboxylic acids is 2. The van der Waals surface area contributed by atoms with Gasteiger partial charge >= 0.3 is 0 Å². The average molecular weight is 343 g/mol. The number of aryl methyl sites for hydroxylation is 2. The average Bonchev–Trinajstić information content (AvgIpc) is 2.92. The highest BCUT2D eigenvalue weighted by molar-refractivity contribution is 6.06. The van der Waals surface area contributed by atoms with E-state index in [-0.39, 0.29) is 23.2 Å². The molecule has 7 nitrogen and oxygen atoms in total. The zero-order valence-corrected chi connectivity index (χ0v) is 14.0. The van der Waals surface area contributed by atoms with E-state index in [1.54, 1.807) is 19.9 Å². The molecule has 2 aromatic rings. The van der Waals surface area contributed by atoms with Gasteiger partial charge in [0.25, 0.3) is 5.91 Å². The van der Waals surface area contributed by atoms with Crippen molar-refractivity contribution in [3.05, 3.63) is 41.0 Å². The first-order valence-electron chi connectivity index (χ1n) is 7.89. The second-order valence-corrected chi connectivity index (χ2v) is 5.90. The number of nitrogen functional groups attached to an aromatic ring is 1. The van der Waals surface area contributed by atoms with Crippen LogP contribution >= 0.6 is 0 Å². The SMILES string of the molecule is Cc1nc(N)nc(C)c1C(=O)Nc1ccc(N2CCCC2=O)c(F)c1. The second kappa shape index (κ2) is 6.46. The van der Waals surface area contributed by atoms with Crippen LogP contribution in [-0.4, -0.2) is 28.3 Å². The second-order valence-electron chi connectivity index (χ2n) is 5.90. The van der Waals surface area contributed by atoms with Gasteiger partial charge in [-0.2, -0.15) is 0 Å². The Kier molecular flexibility index (Phi) is 4.35. The number of nitrogens with zero attached hydrogens (tertiary/aromatic N) is 3. The first-order chi connectivity index (χ1) is 11.9. The van der Waals surface area contributed by atoms with E-state index in [0.717, 1.165) is 0 Å². The van der Waals surface area contributed by atoms with Crippen molar-refractivity contribution in [2.75, 3.05) is 22.5 Å². The van der Waals surface area contributed by atoms with Crippen LogP contribution in [0.3, 0.4) is 0 Å². The predicted octanol–water partition coefficient (Wildman–Crippen LogP) is 2.19. The van der Waals surface area contributed by atoms with Gasteiger partial charge in [-0.15, -0.1) is 0 Å². The number of rotatable bonds is 3. The van der Waals surface area contributed by atoms with Gasteiger partial charge in [0.1, 0.15) is 5.82 Å². The van der Waals surface area contributed by atoms with Crippen LogP contribution in [0.4, 0.5) is 21.7 Å². The van der Waals surface area contributed by atoms with Gasteiger partial charge < -0.3 is 16.0 Å². The van der Waals surface area contributed by atoms with Crippen molar-refractivity contribution < 1.29 is 14.0 Å². The van der Waals surface area contributed by atoms with E-state index in [1.165, 1.54) is 17.0 Å². The lowest BCUT2D eigenvalue weighted by molar-refractivity contribution is -0.117. The van der Waals surface area contributed by atoms with Crippen molar-refractivity contribution in [1.82, 2.24) is 9.97 Å². The van der Waals surface area contributed by atoms with Crippen molar-refractivity contribution in [2.24, 2.45) is 0 Å². The minimum atomic E-state index is -0.560. The van der Waals surface area contributed by atoms with Gasteiger partial charge in [-0.05, 0) is 38.5 Å². The maximum absolute atomic E-state index is 14.4. The van der Waals surface area contributed by atoms with Crippen LogP contribution in [0.15, 0.2) is 18.2 Å². The molecule has 130 valence electrons. The van der Waals surface area contributed by atoms with E-state index in [1.807, 2.05) is 0 Å². The molecule has 1 aliphatic rings. The fourth-order valence-corrected chi connectivity index (χ4v) is 2.97. The van der Waals surface area contributed by atoms with Gasteiger partial charge in [0.05, 0.1) is 22.6 Å². The maximum atomic E-state index is 14.4. The van der Waals surface area contributed by atoms with Crippen LogP contribution in [0, 0.1) is 19.7 Å². The van der Waals surface area contributed by atoms with Crippen molar-refractivity contribution in [2.45, 2.75) is 26.7 Å². The maximum Gasteiger partial charge on any atom is 0.259 e. The molecule has 0 radical (unpaired) electrons. The molecule has 0 atom stereocenters. The van der Waals surface area contributed by atoms with Crippen molar-refractivity contribution in [3.63, 3.8) is 0 Å². The summed E-state index contributed by atoms with van der Waals surface area (Å²) >= 11 is 0. The van der Waals surface area contributed by atoms with E-state index >= 15 is 0 Å². The molecule has 0 spiro atoms. The summed E-state index contributed by atoms with van der Waals surface area (Å²) in [4.78, 5) is 33.6. The summed E-state index contributed by atoms with van der Waals surface area (Å²) in [6.07, 6.45) is 1.14. The van der Waals surface area contributed by atoms with E-state index in [9.17, 15) is 14.0 Å². The molecule has 2 amide bonds. The summed E-state index contributed by atoms with van der Waals surface area (Å²) in [5.74, 6) is -1.01. The van der Waals surface area contributed by atoms with Crippen molar-refractivity contribution in [1.29, 1.82) is 0 Å². The highest BCUT2D eigenvalue weighted by Gasteiger charge is 2.24. The third-order valence-corrected chi connectivity index (χ3v) is 4.08. The van der Waals surface area contributed by atoms with Crippen LogP contribution in [-0.2, 0) is 4.79 Å². The Morgan fingerprint density at radius 2 is 1.96 bits per heavy atom. The van der Waals surface area contributed by atoms with E-state index in [2.05, 4.69) is 15.3 Å². The lowest BCUT2D eigenvalue weighted by atomic mass is 10.1. The Labute approximate surface area is 144 Å². The monoisotopic (exact) mass is 343 g/mol. The Bertz CT molecular complexity index is 845. The molecule has 2 heterocycles. The molecule has 0 unspecified atom stereocenters. The molecule has 1 aromatic heterocycles. The number of hydrogen-bond acceptors (Lipinski definition) is 5. The van der Waals surface area contributed by atoms with Gasteiger partial charge in [0, 0.05) is 18.7 Å². The number of aromatic nitrogens is 2. The number of anilines is 3. The molecule has 0 saturated carbocycles. The number of hydrogen-bond donors (Lipinski definition) is 2. The molecule has 1 aliphatic heterocycles. The molecule has 0 aliphatic carbocycles. The summed E-state index contributed by atoms with van der Waals surface area (Å²) in [5, 5.41) is 2.63. The van der Waals surface area contributed by atoms with E-state index in [0.29, 0.717) is 36.3 Å².